The molecule has 0 spiro atoms. The lowest BCUT2D eigenvalue weighted by atomic mass is 9.95. The molecule has 1 unspecified atom stereocenters. The van der Waals surface area contributed by atoms with Crippen molar-refractivity contribution in [1.82, 2.24) is 5.32 Å². The Morgan fingerprint density at radius 3 is 2.85 bits per heavy atom. The summed E-state index contributed by atoms with van der Waals surface area (Å²) in [4.78, 5) is 0. The van der Waals surface area contributed by atoms with Crippen molar-refractivity contribution in [2.75, 3.05) is 12.8 Å². The third-order valence-electron chi connectivity index (χ3n) is 4.41. The van der Waals surface area contributed by atoms with E-state index >= 15 is 0 Å². The maximum Gasteiger partial charge on any atom is 0.123 e. The van der Waals surface area contributed by atoms with Crippen LogP contribution >= 0.6 is 23.4 Å². The molecule has 1 aliphatic carbocycles. The molecule has 0 saturated heterocycles. The lowest BCUT2D eigenvalue weighted by molar-refractivity contribution is 0.214. The molecule has 110 valence electrons. The fraction of sp³-hybridized carbons (Fsp3) is 0.625. The molecular formula is C16H22ClNOS. The van der Waals surface area contributed by atoms with E-state index in [0.29, 0.717) is 6.04 Å². The normalized spacial score (nSPS) is 29.0. The highest BCUT2D eigenvalue weighted by Crippen LogP contribution is 2.31. The third-order valence-corrected chi connectivity index (χ3v) is 5.78. The van der Waals surface area contributed by atoms with Gasteiger partial charge in [0.2, 0.25) is 0 Å². The van der Waals surface area contributed by atoms with Crippen LogP contribution in [0.2, 0.25) is 5.02 Å². The first-order chi connectivity index (χ1) is 9.74. The van der Waals surface area contributed by atoms with Gasteiger partial charge < -0.3 is 10.1 Å². The Bertz CT molecular complexity index is 460. The molecule has 4 heteroatoms. The molecule has 0 radical (unpaired) electrons. The molecule has 1 atom stereocenters. The second kappa shape index (κ2) is 6.59. The van der Waals surface area contributed by atoms with Crippen LogP contribution in [-0.4, -0.2) is 30.2 Å². The quantitative estimate of drug-likeness (QED) is 0.911. The Hall–Kier alpha value is -0.380. The largest absolute Gasteiger partial charge is 0.488 e. The zero-order chi connectivity index (χ0) is 13.9. The Morgan fingerprint density at radius 2 is 2.10 bits per heavy atom. The van der Waals surface area contributed by atoms with Crippen molar-refractivity contribution in [2.24, 2.45) is 0 Å². The molecule has 1 aliphatic heterocycles. The maximum atomic E-state index is 6.02. The van der Waals surface area contributed by atoms with Crippen LogP contribution < -0.4 is 10.1 Å². The van der Waals surface area contributed by atoms with E-state index in [4.69, 9.17) is 16.3 Å². The zero-order valence-corrected chi connectivity index (χ0v) is 13.5. The second-order valence-corrected chi connectivity index (χ2v) is 7.39. The van der Waals surface area contributed by atoms with Gasteiger partial charge in [-0.1, -0.05) is 11.6 Å². The Morgan fingerprint density at radius 1 is 1.30 bits per heavy atom. The number of ether oxygens (including phenoxy) is 1. The lowest BCUT2D eigenvalue weighted by Gasteiger charge is -2.28. The molecule has 20 heavy (non-hydrogen) atoms. The van der Waals surface area contributed by atoms with E-state index < -0.39 is 0 Å². The first-order valence-corrected chi connectivity index (χ1v) is 9.12. The number of nitrogens with one attached hydrogen (secondary N) is 1. The predicted molar refractivity (Wildman–Crippen MR) is 87.1 cm³/mol. The summed E-state index contributed by atoms with van der Waals surface area (Å²) in [5.41, 5.74) is 1.25. The average Bonchev–Trinajstić information content (AvgIpc) is 2.87. The summed E-state index contributed by atoms with van der Waals surface area (Å²) in [6, 6.07) is 6.59. The monoisotopic (exact) mass is 311 g/mol. The predicted octanol–water partition coefficient (Wildman–Crippen LogP) is 3.91. The number of rotatable bonds is 4. The van der Waals surface area contributed by atoms with E-state index in [1.807, 2.05) is 30.0 Å². The van der Waals surface area contributed by atoms with Crippen LogP contribution in [0.15, 0.2) is 18.2 Å². The molecule has 0 amide bonds. The van der Waals surface area contributed by atoms with Crippen LogP contribution in [-0.2, 0) is 6.42 Å². The maximum absolute atomic E-state index is 6.02. The van der Waals surface area contributed by atoms with Gasteiger partial charge in [0, 0.05) is 29.3 Å². The highest BCUT2D eigenvalue weighted by Gasteiger charge is 2.25. The van der Waals surface area contributed by atoms with Crippen LogP contribution in [0.4, 0.5) is 0 Å². The standard InChI is InChI=1S/C16H22ClNOS/c1-20-15-5-3-13(4-6-15)18-10-14-9-11-8-12(17)2-7-16(11)19-14/h2,7-8,13-15,18H,3-6,9-10H2,1H3. The molecule has 1 aromatic carbocycles. The average molecular weight is 312 g/mol. The second-order valence-electron chi connectivity index (χ2n) is 5.81. The molecule has 2 aliphatic rings. The first kappa shape index (κ1) is 14.6. The summed E-state index contributed by atoms with van der Waals surface area (Å²) in [7, 11) is 0. The molecule has 1 fully saturated rings. The Balaban J connectivity index is 1.45. The zero-order valence-electron chi connectivity index (χ0n) is 11.9. The number of fused-ring (bicyclic) bond motifs is 1. The van der Waals surface area contributed by atoms with Crippen LogP contribution in [0.25, 0.3) is 0 Å². The van der Waals surface area contributed by atoms with E-state index in [0.717, 1.165) is 29.0 Å². The number of halogens is 1. The van der Waals surface area contributed by atoms with Crippen molar-refractivity contribution >= 4 is 23.4 Å². The van der Waals surface area contributed by atoms with E-state index in [2.05, 4.69) is 11.6 Å². The summed E-state index contributed by atoms with van der Waals surface area (Å²) in [6.45, 7) is 0.945. The Labute approximate surface area is 130 Å². The van der Waals surface area contributed by atoms with Crippen LogP contribution in [0, 0.1) is 0 Å². The van der Waals surface area contributed by atoms with Gasteiger partial charge in [0.25, 0.3) is 0 Å². The van der Waals surface area contributed by atoms with Gasteiger partial charge in [0.05, 0.1) is 0 Å². The smallest absolute Gasteiger partial charge is 0.123 e. The highest BCUT2D eigenvalue weighted by molar-refractivity contribution is 7.99. The van der Waals surface area contributed by atoms with Gasteiger partial charge in [-0.05, 0) is 55.7 Å². The topological polar surface area (TPSA) is 21.3 Å². The third kappa shape index (κ3) is 3.44. The van der Waals surface area contributed by atoms with Gasteiger partial charge in [-0.15, -0.1) is 0 Å². The number of hydrogen-bond acceptors (Lipinski definition) is 3. The molecule has 1 N–H and O–H groups in total. The van der Waals surface area contributed by atoms with Crippen molar-refractivity contribution in [3.63, 3.8) is 0 Å². The minimum Gasteiger partial charge on any atom is -0.488 e. The molecule has 1 aromatic rings. The number of thioether (sulfide) groups is 1. The van der Waals surface area contributed by atoms with E-state index in [1.165, 1.54) is 31.2 Å². The Kier molecular flexibility index (Phi) is 4.79. The minimum atomic E-state index is 0.266. The highest BCUT2D eigenvalue weighted by atomic mass is 35.5. The van der Waals surface area contributed by atoms with E-state index in [9.17, 15) is 0 Å². The van der Waals surface area contributed by atoms with Gasteiger partial charge in [-0.2, -0.15) is 11.8 Å². The van der Waals surface area contributed by atoms with E-state index in [1.54, 1.807) is 0 Å². The molecule has 2 nitrogen and oxygen atoms in total. The lowest BCUT2D eigenvalue weighted by Crippen LogP contribution is -2.39. The van der Waals surface area contributed by atoms with Crippen LogP contribution in [0.3, 0.4) is 0 Å². The minimum absolute atomic E-state index is 0.266. The molecule has 0 aromatic heterocycles. The molecule has 1 saturated carbocycles. The van der Waals surface area contributed by atoms with Crippen LogP contribution in [0.1, 0.15) is 31.2 Å². The van der Waals surface area contributed by atoms with Gasteiger partial charge in [-0.25, -0.2) is 0 Å². The van der Waals surface area contributed by atoms with Crippen LogP contribution in [0.5, 0.6) is 5.75 Å². The summed E-state index contributed by atoms with van der Waals surface area (Å²) in [6.07, 6.45) is 8.77. The SMILES string of the molecule is CSC1CCC(NCC2Cc3cc(Cl)ccc3O2)CC1. The first-order valence-electron chi connectivity index (χ1n) is 7.46. The van der Waals surface area contributed by atoms with Crippen molar-refractivity contribution in [3.05, 3.63) is 28.8 Å². The summed E-state index contributed by atoms with van der Waals surface area (Å²) < 4.78 is 5.97. The molecule has 0 bridgehead atoms. The summed E-state index contributed by atoms with van der Waals surface area (Å²) >= 11 is 8.04. The van der Waals surface area contributed by atoms with Crippen molar-refractivity contribution in [1.29, 1.82) is 0 Å². The van der Waals surface area contributed by atoms with Crippen molar-refractivity contribution in [3.8, 4) is 5.75 Å². The van der Waals surface area contributed by atoms with Gasteiger partial charge in [0.1, 0.15) is 11.9 Å². The molecule has 3 rings (SSSR count). The number of hydrogen-bond donors (Lipinski definition) is 1. The fourth-order valence-corrected chi connectivity index (χ4v) is 4.14. The van der Waals surface area contributed by atoms with Crippen molar-refractivity contribution in [2.45, 2.75) is 49.5 Å². The summed E-state index contributed by atoms with van der Waals surface area (Å²) in [5.74, 6) is 1.01. The van der Waals surface area contributed by atoms with Gasteiger partial charge in [-0.3, -0.25) is 0 Å². The van der Waals surface area contributed by atoms with Gasteiger partial charge >= 0.3 is 0 Å². The molecular weight excluding hydrogens is 290 g/mol. The van der Waals surface area contributed by atoms with Crippen molar-refractivity contribution < 1.29 is 4.74 Å². The number of benzene rings is 1. The van der Waals surface area contributed by atoms with Gasteiger partial charge in [0.15, 0.2) is 0 Å². The summed E-state index contributed by atoms with van der Waals surface area (Å²) in [5, 5.41) is 5.37. The fourth-order valence-electron chi connectivity index (χ4n) is 3.20. The van der Waals surface area contributed by atoms with E-state index in [-0.39, 0.29) is 6.10 Å². The molecule has 1 heterocycles.